The number of imidazole rings is 1. The highest BCUT2D eigenvalue weighted by molar-refractivity contribution is 6.08. The molecule has 25 heavy (non-hydrogen) atoms. The summed E-state index contributed by atoms with van der Waals surface area (Å²) in [5.74, 6) is 1.68. The molecule has 0 fully saturated rings. The normalized spacial score (nSPS) is 10.6. The lowest BCUT2D eigenvalue weighted by Crippen LogP contribution is -2.04. The van der Waals surface area contributed by atoms with Gasteiger partial charge in [0.25, 0.3) is 0 Å². The second kappa shape index (κ2) is 6.72. The number of benzene rings is 1. The number of ether oxygens (including phenoxy) is 4. The zero-order valence-electron chi connectivity index (χ0n) is 14.4. The van der Waals surface area contributed by atoms with Crippen LogP contribution in [0.15, 0.2) is 36.7 Å². The number of hydrogen-bond donors (Lipinski definition) is 0. The maximum Gasteiger partial charge on any atom is 0.213 e. The quantitative estimate of drug-likeness (QED) is 0.641. The lowest BCUT2D eigenvalue weighted by molar-refractivity contribution is 0.103. The molecule has 0 saturated heterocycles. The van der Waals surface area contributed by atoms with Gasteiger partial charge in [-0.1, -0.05) is 0 Å². The zero-order valence-corrected chi connectivity index (χ0v) is 14.4. The number of hydrogen-bond acceptors (Lipinski definition) is 6. The third-order valence-electron chi connectivity index (χ3n) is 3.83. The Balaban J connectivity index is 2.05. The first-order chi connectivity index (χ1) is 12.1. The van der Waals surface area contributed by atoms with Crippen LogP contribution < -0.4 is 18.9 Å². The lowest BCUT2D eigenvalue weighted by atomic mass is 10.1. The summed E-state index contributed by atoms with van der Waals surface area (Å²) in [5, 5.41) is 0. The summed E-state index contributed by atoms with van der Waals surface area (Å²) in [6.45, 7) is 0. The van der Waals surface area contributed by atoms with E-state index in [4.69, 9.17) is 18.9 Å². The molecule has 3 rings (SSSR count). The van der Waals surface area contributed by atoms with Crippen LogP contribution in [0.5, 0.6) is 23.0 Å². The number of ketones is 1. The number of fused-ring (bicyclic) bond motifs is 1. The van der Waals surface area contributed by atoms with Gasteiger partial charge in [-0.05, 0) is 18.2 Å². The van der Waals surface area contributed by atoms with Gasteiger partial charge in [0, 0.05) is 24.0 Å². The Labute approximate surface area is 144 Å². The number of nitrogens with zero attached hydrogens (tertiary/aromatic N) is 2. The van der Waals surface area contributed by atoms with Gasteiger partial charge in [0.05, 0.1) is 28.4 Å². The van der Waals surface area contributed by atoms with Crippen LogP contribution in [0.1, 0.15) is 16.1 Å². The van der Waals surface area contributed by atoms with Crippen LogP contribution in [0, 0.1) is 0 Å². The second-order valence-electron chi connectivity index (χ2n) is 5.20. The summed E-state index contributed by atoms with van der Waals surface area (Å²) in [7, 11) is 6.10. The van der Waals surface area contributed by atoms with Crippen LogP contribution >= 0.6 is 0 Å². The van der Waals surface area contributed by atoms with Crippen LogP contribution in [-0.2, 0) is 0 Å². The summed E-state index contributed by atoms with van der Waals surface area (Å²) in [6, 6.07) is 6.76. The summed E-state index contributed by atoms with van der Waals surface area (Å²) in [5.41, 5.74) is 1.32. The molecule has 0 bridgehead atoms. The number of carbonyl (C=O) groups is 1. The molecule has 3 aromatic rings. The van der Waals surface area contributed by atoms with Gasteiger partial charge < -0.3 is 23.3 Å². The van der Waals surface area contributed by atoms with Gasteiger partial charge in [0.1, 0.15) is 17.1 Å². The smallest absolute Gasteiger partial charge is 0.213 e. The molecule has 0 spiro atoms. The van der Waals surface area contributed by atoms with Crippen LogP contribution in [0.2, 0.25) is 0 Å². The van der Waals surface area contributed by atoms with Crippen molar-refractivity contribution in [2.75, 3.05) is 28.4 Å². The molecule has 0 atom stereocenters. The minimum atomic E-state index is -0.248. The minimum Gasteiger partial charge on any atom is -0.497 e. The Hall–Kier alpha value is -3.22. The van der Waals surface area contributed by atoms with Crippen molar-refractivity contribution in [1.82, 2.24) is 9.38 Å². The van der Waals surface area contributed by atoms with Crippen molar-refractivity contribution >= 4 is 11.4 Å². The molecule has 0 amide bonds. The number of rotatable bonds is 6. The standard InChI is InChI=1S/C18H18N2O5/c1-22-12-5-6-20-10-13(19-16(20)9-12)17(21)11-7-14(23-2)18(25-4)15(8-11)24-3/h5-10H,1-4H3. The van der Waals surface area contributed by atoms with E-state index in [9.17, 15) is 4.79 Å². The van der Waals surface area contributed by atoms with Crippen LogP contribution in [-0.4, -0.2) is 43.6 Å². The first-order valence-electron chi connectivity index (χ1n) is 7.48. The van der Waals surface area contributed by atoms with Gasteiger partial charge in [0.2, 0.25) is 11.5 Å². The van der Waals surface area contributed by atoms with Crippen molar-refractivity contribution in [3.63, 3.8) is 0 Å². The van der Waals surface area contributed by atoms with Gasteiger partial charge in [-0.25, -0.2) is 4.98 Å². The fourth-order valence-corrected chi connectivity index (χ4v) is 2.56. The van der Waals surface area contributed by atoms with E-state index in [0.717, 1.165) is 0 Å². The fraction of sp³-hybridized carbons (Fsp3) is 0.222. The topological polar surface area (TPSA) is 71.3 Å². The van der Waals surface area contributed by atoms with Gasteiger partial charge in [0.15, 0.2) is 11.5 Å². The lowest BCUT2D eigenvalue weighted by Gasteiger charge is -2.13. The molecule has 0 N–H and O–H groups in total. The molecule has 1 aromatic carbocycles. The average molecular weight is 342 g/mol. The third-order valence-corrected chi connectivity index (χ3v) is 3.83. The molecule has 130 valence electrons. The van der Waals surface area contributed by atoms with Crippen LogP contribution in [0.25, 0.3) is 5.65 Å². The predicted octanol–water partition coefficient (Wildman–Crippen LogP) is 2.60. The van der Waals surface area contributed by atoms with Crippen LogP contribution in [0.4, 0.5) is 0 Å². The molecular formula is C18H18N2O5. The monoisotopic (exact) mass is 342 g/mol. The Kier molecular flexibility index (Phi) is 4.47. The van der Waals surface area contributed by atoms with Crippen molar-refractivity contribution in [1.29, 1.82) is 0 Å². The Bertz CT molecular complexity index is 907. The summed E-state index contributed by atoms with van der Waals surface area (Å²) >= 11 is 0. The molecule has 2 aromatic heterocycles. The highest BCUT2D eigenvalue weighted by Gasteiger charge is 2.20. The maximum atomic E-state index is 12.8. The van der Waals surface area contributed by atoms with E-state index in [0.29, 0.717) is 39.9 Å². The summed E-state index contributed by atoms with van der Waals surface area (Å²) in [4.78, 5) is 17.2. The molecule has 2 heterocycles. The molecule has 0 aliphatic carbocycles. The minimum absolute atomic E-state index is 0.248. The van der Waals surface area contributed by atoms with Crippen molar-refractivity contribution in [2.45, 2.75) is 0 Å². The van der Waals surface area contributed by atoms with E-state index < -0.39 is 0 Å². The second-order valence-corrected chi connectivity index (χ2v) is 5.20. The molecule has 0 aliphatic heterocycles. The van der Waals surface area contributed by atoms with Gasteiger partial charge >= 0.3 is 0 Å². The molecule has 0 saturated carbocycles. The van der Waals surface area contributed by atoms with E-state index in [2.05, 4.69) is 4.98 Å². The number of aromatic nitrogens is 2. The van der Waals surface area contributed by atoms with E-state index >= 15 is 0 Å². The Morgan fingerprint density at radius 3 is 2.20 bits per heavy atom. The molecule has 0 radical (unpaired) electrons. The summed E-state index contributed by atoms with van der Waals surface area (Å²) < 4.78 is 22.8. The SMILES string of the molecule is COc1ccn2cc(C(=O)c3cc(OC)c(OC)c(OC)c3)nc2c1. The van der Waals surface area contributed by atoms with Crippen molar-refractivity contribution in [2.24, 2.45) is 0 Å². The van der Waals surface area contributed by atoms with Crippen molar-refractivity contribution in [3.8, 4) is 23.0 Å². The summed E-state index contributed by atoms with van der Waals surface area (Å²) in [6.07, 6.45) is 3.45. The number of methoxy groups -OCH3 is 4. The third kappa shape index (κ3) is 2.96. The molecule has 0 unspecified atom stereocenters. The van der Waals surface area contributed by atoms with Crippen molar-refractivity contribution < 1.29 is 23.7 Å². The van der Waals surface area contributed by atoms with Crippen molar-refractivity contribution in [3.05, 3.63) is 47.9 Å². The highest BCUT2D eigenvalue weighted by atomic mass is 16.5. The first-order valence-corrected chi connectivity index (χ1v) is 7.48. The first kappa shape index (κ1) is 16.6. The largest absolute Gasteiger partial charge is 0.497 e. The Morgan fingerprint density at radius 1 is 0.960 bits per heavy atom. The molecular weight excluding hydrogens is 324 g/mol. The molecule has 7 heteroatoms. The average Bonchev–Trinajstić information content (AvgIpc) is 3.08. The highest BCUT2D eigenvalue weighted by Crippen LogP contribution is 2.38. The fourth-order valence-electron chi connectivity index (χ4n) is 2.56. The van der Waals surface area contributed by atoms with E-state index in [-0.39, 0.29) is 5.78 Å². The van der Waals surface area contributed by atoms with E-state index in [1.54, 1.807) is 48.2 Å². The van der Waals surface area contributed by atoms with Crippen LogP contribution in [0.3, 0.4) is 0 Å². The van der Waals surface area contributed by atoms with Gasteiger partial charge in [-0.15, -0.1) is 0 Å². The predicted molar refractivity (Wildman–Crippen MR) is 91.3 cm³/mol. The number of carbonyl (C=O) groups excluding carboxylic acids is 1. The Morgan fingerprint density at radius 2 is 1.64 bits per heavy atom. The van der Waals surface area contributed by atoms with E-state index in [1.807, 2.05) is 0 Å². The molecule has 7 nitrogen and oxygen atoms in total. The van der Waals surface area contributed by atoms with Gasteiger partial charge in [-0.2, -0.15) is 0 Å². The molecule has 0 aliphatic rings. The van der Waals surface area contributed by atoms with E-state index in [1.165, 1.54) is 21.3 Å². The number of pyridine rings is 1. The zero-order chi connectivity index (χ0) is 18.0. The van der Waals surface area contributed by atoms with Gasteiger partial charge in [-0.3, -0.25) is 4.79 Å². The maximum absolute atomic E-state index is 12.8.